The lowest BCUT2D eigenvalue weighted by molar-refractivity contribution is 0.0470. The van der Waals surface area contributed by atoms with Gasteiger partial charge in [-0.1, -0.05) is 12.1 Å². The molecule has 0 radical (unpaired) electrons. The summed E-state index contributed by atoms with van der Waals surface area (Å²) in [5, 5.41) is 2.99. The van der Waals surface area contributed by atoms with Crippen LogP contribution in [0.3, 0.4) is 0 Å². The molecule has 0 unspecified atom stereocenters. The molecule has 1 aromatic carbocycles. The lowest BCUT2D eigenvalue weighted by Crippen LogP contribution is -2.48. The number of nitrogens with one attached hydrogen (secondary N) is 1. The molecule has 0 saturated carbocycles. The van der Waals surface area contributed by atoms with E-state index >= 15 is 0 Å². The first-order chi connectivity index (χ1) is 10.9. The van der Waals surface area contributed by atoms with Gasteiger partial charge >= 0.3 is 6.09 Å². The van der Waals surface area contributed by atoms with Crippen molar-refractivity contribution >= 4 is 6.09 Å². The lowest BCUT2D eigenvalue weighted by Gasteiger charge is -2.33. The molecule has 1 atom stereocenters. The number of benzene rings is 1. The number of amides is 1. The fourth-order valence-electron chi connectivity index (χ4n) is 2.78. The molecule has 1 heterocycles. The van der Waals surface area contributed by atoms with Gasteiger partial charge in [0, 0.05) is 19.1 Å². The number of hydrogen-bond donors (Lipinski definition) is 1. The first-order valence-electron chi connectivity index (χ1n) is 8.20. The highest BCUT2D eigenvalue weighted by Gasteiger charge is 2.24. The number of rotatable bonds is 4. The molecule has 1 fully saturated rings. The maximum Gasteiger partial charge on any atom is 0.407 e. The van der Waals surface area contributed by atoms with Gasteiger partial charge in [-0.3, -0.25) is 4.90 Å². The van der Waals surface area contributed by atoms with E-state index in [0.717, 1.165) is 38.2 Å². The Morgan fingerprint density at radius 2 is 2.00 bits per heavy atom. The van der Waals surface area contributed by atoms with Crippen LogP contribution in [-0.2, 0) is 11.3 Å². The van der Waals surface area contributed by atoms with E-state index in [1.54, 1.807) is 7.11 Å². The number of carbonyl (C=O) groups excluding carboxylic acids is 1. The molecule has 128 valence electrons. The predicted octanol–water partition coefficient (Wildman–Crippen LogP) is 3.18. The van der Waals surface area contributed by atoms with Gasteiger partial charge in [0.1, 0.15) is 11.4 Å². The molecule has 1 aliphatic heterocycles. The van der Waals surface area contributed by atoms with Crippen molar-refractivity contribution in [2.75, 3.05) is 20.2 Å². The minimum absolute atomic E-state index is 0.150. The van der Waals surface area contributed by atoms with Crippen molar-refractivity contribution in [3.05, 3.63) is 29.8 Å². The van der Waals surface area contributed by atoms with E-state index in [9.17, 15) is 4.79 Å². The highest BCUT2D eigenvalue weighted by atomic mass is 16.6. The Morgan fingerprint density at radius 3 is 2.61 bits per heavy atom. The summed E-state index contributed by atoms with van der Waals surface area (Å²) < 4.78 is 10.5. The maximum atomic E-state index is 11.9. The molecule has 1 saturated heterocycles. The summed E-state index contributed by atoms with van der Waals surface area (Å²) in [6.07, 6.45) is 1.75. The van der Waals surface area contributed by atoms with Crippen LogP contribution in [0.5, 0.6) is 5.75 Å². The van der Waals surface area contributed by atoms with Crippen molar-refractivity contribution in [2.24, 2.45) is 0 Å². The molecule has 2 rings (SSSR count). The highest BCUT2D eigenvalue weighted by molar-refractivity contribution is 5.68. The number of methoxy groups -OCH3 is 1. The molecule has 5 heteroatoms. The van der Waals surface area contributed by atoms with Crippen LogP contribution in [0, 0.1) is 0 Å². The smallest absolute Gasteiger partial charge is 0.407 e. The quantitative estimate of drug-likeness (QED) is 0.926. The van der Waals surface area contributed by atoms with Gasteiger partial charge in [-0.25, -0.2) is 4.79 Å². The summed E-state index contributed by atoms with van der Waals surface area (Å²) in [5.74, 6) is 0.872. The Bertz CT molecular complexity index is 508. The van der Waals surface area contributed by atoms with E-state index in [1.165, 1.54) is 5.56 Å². The second kappa shape index (κ2) is 7.68. The van der Waals surface area contributed by atoms with E-state index in [2.05, 4.69) is 22.3 Å². The van der Waals surface area contributed by atoms with Crippen LogP contribution in [0.25, 0.3) is 0 Å². The molecular weight excluding hydrogens is 292 g/mol. The van der Waals surface area contributed by atoms with Gasteiger partial charge in [0.05, 0.1) is 7.11 Å². The van der Waals surface area contributed by atoms with Crippen molar-refractivity contribution < 1.29 is 14.3 Å². The van der Waals surface area contributed by atoms with Crippen LogP contribution in [0.2, 0.25) is 0 Å². The molecule has 23 heavy (non-hydrogen) atoms. The van der Waals surface area contributed by atoms with Gasteiger partial charge in [0.2, 0.25) is 0 Å². The average Bonchev–Trinajstić information content (AvgIpc) is 2.46. The van der Waals surface area contributed by atoms with Crippen molar-refractivity contribution in [2.45, 2.75) is 51.8 Å². The van der Waals surface area contributed by atoms with Crippen LogP contribution in [0.4, 0.5) is 4.79 Å². The molecule has 1 N–H and O–H groups in total. The monoisotopic (exact) mass is 320 g/mol. The van der Waals surface area contributed by atoms with Gasteiger partial charge in [0.15, 0.2) is 0 Å². The number of likely N-dealkylation sites (tertiary alicyclic amines) is 1. The Labute approximate surface area is 139 Å². The third-order valence-electron chi connectivity index (χ3n) is 3.79. The zero-order valence-electron chi connectivity index (χ0n) is 14.6. The first-order valence-corrected chi connectivity index (χ1v) is 8.20. The third kappa shape index (κ3) is 6.10. The van der Waals surface area contributed by atoms with E-state index in [1.807, 2.05) is 32.9 Å². The molecule has 5 nitrogen and oxygen atoms in total. The zero-order chi connectivity index (χ0) is 16.9. The van der Waals surface area contributed by atoms with Gasteiger partial charge in [0.25, 0.3) is 0 Å². The number of hydrogen-bond acceptors (Lipinski definition) is 4. The van der Waals surface area contributed by atoms with E-state index in [0.29, 0.717) is 0 Å². The number of nitrogens with zero attached hydrogens (tertiary/aromatic N) is 1. The van der Waals surface area contributed by atoms with Gasteiger partial charge in [-0.15, -0.1) is 0 Å². The number of ether oxygens (including phenoxy) is 2. The van der Waals surface area contributed by atoms with Gasteiger partial charge < -0.3 is 14.8 Å². The Kier molecular flexibility index (Phi) is 5.88. The van der Waals surface area contributed by atoms with Crippen LogP contribution in [0.1, 0.15) is 39.2 Å². The molecule has 0 bridgehead atoms. The van der Waals surface area contributed by atoms with Crippen molar-refractivity contribution in [1.82, 2.24) is 10.2 Å². The minimum Gasteiger partial charge on any atom is -0.497 e. The molecular formula is C18H28N2O3. The van der Waals surface area contributed by atoms with Crippen molar-refractivity contribution in [3.63, 3.8) is 0 Å². The summed E-state index contributed by atoms with van der Waals surface area (Å²) in [6, 6.07) is 8.29. The highest BCUT2D eigenvalue weighted by Crippen LogP contribution is 2.17. The standard InChI is InChI=1S/C18H28N2O3/c1-18(2,3)23-17(21)19-15-6-5-11-20(13-15)12-14-7-9-16(22-4)10-8-14/h7-10,15H,5-6,11-13H2,1-4H3,(H,19,21)/t15-/m1/s1. The zero-order valence-corrected chi connectivity index (χ0v) is 14.6. The van der Waals surface area contributed by atoms with E-state index in [4.69, 9.17) is 9.47 Å². The lowest BCUT2D eigenvalue weighted by atomic mass is 10.0. The Hall–Kier alpha value is -1.75. The summed E-state index contributed by atoms with van der Waals surface area (Å²) in [5.41, 5.74) is 0.797. The van der Waals surface area contributed by atoms with Crippen LogP contribution < -0.4 is 10.1 Å². The van der Waals surface area contributed by atoms with Crippen molar-refractivity contribution in [3.8, 4) is 5.75 Å². The Balaban J connectivity index is 1.84. The fourth-order valence-corrected chi connectivity index (χ4v) is 2.78. The Morgan fingerprint density at radius 1 is 1.30 bits per heavy atom. The number of alkyl carbamates (subject to hydrolysis) is 1. The van der Waals surface area contributed by atoms with Crippen molar-refractivity contribution in [1.29, 1.82) is 0 Å². The second-order valence-corrected chi connectivity index (χ2v) is 7.07. The van der Waals surface area contributed by atoms with Crippen LogP contribution in [-0.4, -0.2) is 42.8 Å². The number of carbonyl (C=O) groups is 1. The summed E-state index contributed by atoms with van der Waals surface area (Å²) in [6.45, 7) is 8.43. The molecule has 1 amide bonds. The molecule has 0 aliphatic carbocycles. The summed E-state index contributed by atoms with van der Waals surface area (Å²) in [4.78, 5) is 14.3. The summed E-state index contributed by atoms with van der Waals surface area (Å²) >= 11 is 0. The SMILES string of the molecule is COc1ccc(CN2CCC[C@@H](NC(=O)OC(C)(C)C)C2)cc1. The molecule has 0 spiro atoms. The van der Waals surface area contributed by atoms with E-state index in [-0.39, 0.29) is 12.1 Å². The normalized spacial score (nSPS) is 19.2. The van der Waals surface area contributed by atoms with E-state index < -0.39 is 5.60 Å². The van der Waals surface area contributed by atoms with Gasteiger partial charge in [-0.05, 0) is 57.9 Å². The molecule has 1 aliphatic rings. The second-order valence-electron chi connectivity index (χ2n) is 7.07. The predicted molar refractivity (Wildman–Crippen MR) is 90.7 cm³/mol. The van der Waals surface area contributed by atoms with Crippen LogP contribution >= 0.6 is 0 Å². The van der Waals surface area contributed by atoms with Gasteiger partial charge in [-0.2, -0.15) is 0 Å². The molecule has 0 aromatic heterocycles. The maximum absolute atomic E-state index is 11.9. The molecule has 1 aromatic rings. The minimum atomic E-state index is -0.457. The average molecular weight is 320 g/mol. The fraction of sp³-hybridized carbons (Fsp3) is 0.611. The third-order valence-corrected chi connectivity index (χ3v) is 3.79. The topological polar surface area (TPSA) is 50.8 Å². The first kappa shape index (κ1) is 17.6. The largest absolute Gasteiger partial charge is 0.497 e. The summed E-state index contributed by atoms with van der Waals surface area (Å²) in [7, 11) is 1.67. The number of piperidine rings is 1. The van der Waals surface area contributed by atoms with Crippen LogP contribution in [0.15, 0.2) is 24.3 Å².